The van der Waals surface area contributed by atoms with E-state index in [-0.39, 0.29) is 23.8 Å². The fourth-order valence-electron chi connectivity index (χ4n) is 3.40. The van der Waals surface area contributed by atoms with Crippen LogP contribution in [0, 0.1) is 5.41 Å². The molecule has 2 N–H and O–H groups in total. The van der Waals surface area contributed by atoms with Gasteiger partial charge in [0.25, 0.3) is 0 Å². The van der Waals surface area contributed by atoms with Crippen molar-refractivity contribution in [2.24, 2.45) is 5.41 Å². The zero-order valence-electron chi connectivity index (χ0n) is 15.2. The van der Waals surface area contributed by atoms with E-state index in [2.05, 4.69) is 10.3 Å². The number of hydrogen-bond acceptors (Lipinski definition) is 4. The molecule has 1 amide bonds. The largest absolute Gasteiger partial charge is 0.396 e. The minimum atomic E-state index is -0.345. The number of benzene rings is 1. The number of rotatable bonds is 7. The predicted molar refractivity (Wildman–Crippen MR) is 105 cm³/mol. The van der Waals surface area contributed by atoms with Gasteiger partial charge in [-0.3, -0.25) is 9.78 Å². The molecule has 2 aromatic rings. The highest BCUT2D eigenvalue weighted by Gasteiger charge is 2.33. The standard InChI is InChI=1S/C21H25ClN2O3/c22-18-5-3-17(4-6-18)19(12-16-2-1-9-23-13-16)20(26)24-14-21(15-25)7-10-27-11-8-21/h1-6,9,13,19,25H,7-8,10-12,14-15H2,(H,24,26). The minimum absolute atomic E-state index is 0.0465. The lowest BCUT2D eigenvalue weighted by atomic mass is 9.80. The van der Waals surface area contributed by atoms with Gasteiger partial charge in [-0.15, -0.1) is 0 Å². The third-order valence-corrected chi connectivity index (χ3v) is 5.53. The van der Waals surface area contributed by atoms with Crippen molar-refractivity contribution in [2.45, 2.75) is 25.2 Å². The van der Waals surface area contributed by atoms with Crippen LogP contribution >= 0.6 is 11.6 Å². The van der Waals surface area contributed by atoms with E-state index in [1.807, 2.05) is 24.3 Å². The van der Waals surface area contributed by atoms with Gasteiger partial charge in [-0.05, 0) is 48.6 Å². The number of aromatic nitrogens is 1. The van der Waals surface area contributed by atoms with E-state index in [9.17, 15) is 9.90 Å². The molecule has 144 valence electrons. The van der Waals surface area contributed by atoms with Crippen LogP contribution < -0.4 is 5.32 Å². The van der Waals surface area contributed by atoms with E-state index in [0.717, 1.165) is 24.0 Å². The Hall–Kier alpha value is -1.95. The molecule has 1 aliphatic rings. The van der Waals surface area contributed by atoms with Crippen LogP contribution in [0.3, 0.4) is 0 Å². The van der Waals surface area contributed by atoms with Crippen molar-refractivity contribution in [3.63, 3.8) is 0 Å². The number of nitrogens with one attached hydrogen (secondary N) is 1. The van der Waals surface area contributed by atoms with Crippen LogP contribution in [0.1, 0.15) is 29.9 Å². The lowest BCUT2D eigenvalue weighted by Gasteiger charge is -2.36. The van der Waals surface area contributed by atoms with Crippen molar-refractivity contribution < 1.29 is 14.6 Å². The molecule has 3 rings (SSSR count). The summed E-state index contributed by atoms with van der Waals surface area (Å²) in [5, 5.41) is 13.6. The van der Waals surface area contributed by atoms with Crippen LogP contribution in [0.5, 0.6) is 0 Å². The van der Waals surface area contributed by atoms with E-state index < -0.39 is 0 Å². The number of aliphatic hydroxyl groups excluding tert-OH is 1. The van der Waals surface area contributed by atoms with Gasteiger partial charge in [0.05, 0.1) is 12.5 Å². The van der Waals surface area contributed by atoms with Crippen molar-refractivity contribution in [1.29, 1.82) is 0 Å². The third-order valence-electron chi connectivity index (χ3n) is 5.28. The second-order valence-electron chi connectivity index (χ2n) is 7.16. The molecule has 1 saturated heterocycles. The lowest BCUT2D eigenvalue weighted by Crippen LogP contribution is -2.45. The van der Waals surface area contributed by atoms with Crippen LogP contribution in [0.15, 0.2) is 48.8 Å². The molecular formula is C21H25ClN2O3. The molecular weight excluding hydrogens is 364 g/mol. The number of aliphatic hydroxyl groups is 1. The molecule has 1 fully saturated rings. The molecule has 1 atom stereocenters. The Balaban J connectivity index is 1.74. The number of carbonyl (C=O) groups is 1. The second kappa shape index (κ2) is 9.31. The first-order valence-electron chi connectivity index (χ1n) is 9.23. The van der Waals surface area contributed by atoms with Crippen LogP contribution in [0.2, 0.25) is 5.02 Å². The fraction of sp³-hybridized carbons (Fsp3) is 0.429. The maximum Gasteiger partial charge on any atom is 0.227 e. The van der Waals surface area contributed by atoms with Crippen molar-refractivity contribution in [1.82, 2.24) is 10.3 Å². The average Bonchev–Trinajstić information content (AvgIpc) is 2.72. The van der Waals surface area contributed by atoms with Gasteiger partial charge in [0.2, 0.25) is 5.91 Å². The number of amides is 1. The Morgan fingerprint density at radius 3 is 2.63 bits per heavy atom. The Labute approximate surface area is 164 Å². The lowest BCUT2D eigenvalue weighted by molar-refractivity contribution is -0.123. The molecule has 1 aromatic heterocycles. The van der Waals surface area contributed by atoms with Gasteiger partial charge in [0.15, 0.2) is 0 Å². The van der Waals surface area contributed by atoms with Gasteiger partial charge in [-0.2, -0.15) is 0 Å². The molecule has 2 heterocycles. The summed E-state index contributed by atoms with van der Waals surface area (Å²) >= 11 is 6.01. The minimum Gasteiger partial charge on any atom is -0.396 e. The van der Waals surface area contributed by atoms with Gasteiger partial charge >= 0.3 is 0 Å². The highest BCUT2D eigenvalue weighted by Crippen LogP contribution is 2.30. The van der Waals surface area contributed by atoms with E-state index in [4.69, 9.17) is 16.3 Å². The summed E-state index contributed by atoms with van der Waals surface area (Å²) in [6.45, 7) is 1.73. The average molecular weight is 389 g/mol. The summed E-state index contributed by atoms with van der Waals surface area (Å²) < 4.78 is 5.40. The molecule has 0 radical (unpaired) electrons. The Bertz CT molecular complexity index is 731. The summed E-state index contributed by atoms with van der Waals surface area (Å²) in [6.07, 6.45) is 5.55. The van der Waals surface area contributed by atoms with E-state index in [1.54, 1.807) is 24.5 Å². The normalized spacial score (nSPS) is 17.3. The van der Waals surface area contributed by atoms with Gasteiger partial charge < -0.3 is 15.2 Å². The zero-order chi connectivity index (χ0) is 19.1. The van der Waals surface area contributed by atoms with Crippen molar-refractivity contribution in [2.75, 3.05) is 26.4 Å². The quantitative estimate of drug-likeness (QED) is 0.765. The van der Waals surface area contributed by atoms with E-state index in [0.29, 0.717) is 31.2 Å². The SMILES string of the molecule is O=C(NCC1(CO)CCOCC1)C(Cc1cccnc1)c1ccc(Cl)cc1. The van der Waals surface area contributed by atoms with Crippen molar-refractivity contribution in [3.05, 3.63) is 64.9 Å². The molecule has 0 spiro atoms. The molecule has 6 heteroatoms. The monoisotopic (exact) mass is 388 g/mol. The number of pyridine rings is 1. The van der Waals surface area contributed by atoms with Gasteiger partial charge in [0, 0.05) is 42.6 Å². The summed E-state index contributed by atoms with van der Waals surface area (Å²) in [7, 11) is 0. The molecule has 27 heavy (non-hydrogen) atoms. The van der Waals surface area contributed by atoms with Crippen LogP contribution in [0.4, 0.5) is 0 Å². The second-order valence-corrected chi connectivity index (χ2v) is 7.59. The predicted octanol–water partition coefficient (Wildman–Crippen LogP) is 2.97. The summed E-state index contributed by atoms with van der Waals surface area (Å²) in [5.74, 6) is -0.400. The highest BCUT2D eigenvalue weighted by atomic mass is 35.5. The first kappa shape index (κ1) is 19.8. The Kier molecular flexibility index (Phi) is 6.83. The first-order valence-corrected chi connectivity index (χ1v) is 9.60. The van der Waals surface area contributed by atoms with Gasteiger partial charge in [-0.1, -0.05) is 29.8 Å². The summed E-state index contributed by atoms with van der Waals surface area (Å²) in [6, 6.07) is 11.2. The Morgan fingerprint density at radius 2 is 2.00 bits per heavy atom. The molecule has 0 saturated carbocycles. The molecule has 0 bridgehead atoms. The molecule has 1 aromatic carbocycles. The van der Waals surface area contributed by atoms with Crippen molar-refractivity contribution in [3.8, 4) is 0 Å². The molecule has 1 aliphatic heterocycles. The molecule has 0 aliphatic carbocycles. The third kappa shape index (κ3) is 5.28. The Morgan fingerprint density at radius 1 is 1.26 bits per heavy atom. The van der Waals surface area contributed by atoms with Crippen LogP contribution in [-0.2, 0) is 16.0 Å². The number of halogens is 1. The fourth-order valence-corrected chi connectivity index (χ4v) is 3.53. The summed E-state index contributed by atoms with van der Waals surface area (Å²) in [4.78, 5) is 17.2. The first-order chi connectivity index (χ1) is 13.1. The molecule has 1 unspecified atom stereocenters. The van der Waals surface area contributed by atoms with Gasteiger partial charge in [-0.25, -0.2) is 0 Å². The number of hydrogen-bond donors (Lipinski definition) is 2. The maximum atomic E-state index is 13.1. The van der Waals surface area contributed by atoms with Gasteiger partial charge in [0.1, 0.15) is 0 Å². The van der Waals surface area contributed by atoms with E-state index in [1.165, 1.54) is 0 Å². The topological polar surface area (TPSA) is 71.5 Å². The molecule has 5 nitrogen and oxygen atoms in total. The number of carbonyl (C=O) groups excluding carboxylic acids is 1. The van der Waals surface area contributed by atoms with Crippen molar-refractivity contribution >= 4 is 17.5 Å². The van der Waals surface area contributed by atoms with E-state index >= 15 is 0 Å². The highest BCUT2D eigenvalue weighted by molar-refractivity contribution is 6.30. The smallest absolute Gasteiger partial charge is 0.227 e. The maximum absolute atomic E-state index is 13.1. The summed E-state index contributed by atoms with van der Waals surface area (Å²) in [5.41, 5.74) is 1.61. The number of ether oxygens (including phenoxy) is 1. The number of nitrogens with zero attached hydrogens (tertiary/aromatic N) is 1. The van der Waals surface area contributed by atoms with Crippen LogP contribution in [-0.4, -0.2) is 42.4 Å². The van der Waals surface area contributed by atoms with Crippen LogP contribution in [0.25, 0.3) is 0 Å². The zero-order valence-corrected chi connectivity index (χ0v) is 16.0.